The molecule has 2 aromatic carbocycles. The van der Waals surface area contributed by atoms with Crippen molar-refractivity contribution in [2.45, 2.75) is 26.3 Å². The zero-order valence-corrected chi connectivity index (χ0v) is 17.0. The first-order valence-electron chi connectivity index (χ1n) is 9.44. The first kappa shape index (κ1) is 19.3. The molecule has 0 fully saturated rings. The van der Waals surface area contributed by atoms with E-state index < -0.39 is 0 Å². The van der Waals surface area contributed by atoms with Crippen LogP contribution in [0.3, 0.4) is 0 Å². The van der Waals surface area contributed by atoms with Crippen molar-refractivity contribution in [2.75, 3.05) is 0 Å². The van der Waals surface area contributed by atoms with Gasteiger partial charge < -0.3 is 10.3 Å². The summed E-state index contributed by atoms with van der Waals surface area (Å²) in [5.41, 5.74) is 3.36. The summed E-state index contributed by atoms with van der Waals surface area (Å²) in [5.74, 6) is 0.528. The van der Waals surface area contributed by atoms with Gasteiger partial charge in [0.2, 0.25) is 5.91 Å². The van der Waals surface area contributed by atoms with Gasteiger partial charge in [-0.25, -0.2) is 14.4 Å². The Labute approximate surface area is 172 Å². The van der Waals surface area contributed by atoms with Crippen molar-refractivity contribution in [3.8, 4) is 10.6 Å². The lowest BCUT2D eigenvalue weighted by molar-refractivity contribution is -0.121. The smallest absolute Gasteiger partial charge is 0.226 e. The number of thiazole rings is 1. The number of benzene rings is 2. The second kappa shape index (κ2) is 8.13. The van der Waals surface area contributed by atoms with Gasteiger partial charge in [-0.3, -0.25) is 4.79 Å². The minimum absolute atomic E-state index is 0.111. The Morgan fingerprint density at radius 2 is 1.90 bits per heavy atom. The van der Waals surface area contributed by atoms with E-state index in [1.54, 1.807) is 12.1 Å². The molecule has 4 rings (SSSR count). The molecule has 0 saturated heterocycles. The first-order chi connectivity index (χ1) is 14.0. The Morgan fingerprint density at radius 3 is 2.62 bits per heavy atom. The Balaban J connectivity index is 1.47. The van der Waals surface area contributed by atoms with Crippen LogP contribution in [0.5, 0.6) is 0 Å². The van der Waals surface area contributed by atoms with E-state index in [0.717, 1.165) is 27.4 Å². The molecule has 148 valence electrons. The molecule has 2 N–H and O–H groups in total. The minimum Gasteiger partial charge on any atom is -0.346 e. The highest BCUT2D eigenvalue weighted by Crippen LogP contribution is 2.25. The molecule has 0 bridgehead atoms. The maximum Gasteiger partial charge on any atom is 0.226 e. The van der Waals surface area contributed by atoms with Gasteiger partial charge in [0, 0.05) is 10.9 Å². The standard InChI is InChI=1S/C22H21FN4OS/c1-13(2)20(21-25-17-5-3-4-6-18(17)26-21)27-19(28)11-16-12-29-22(24-16)14-7-9-15(23)10-8-14/h3-10,12-13,20H,11H2,1-2H3,(H,25,26)(H,27,28)/t20-/m0/s1. The van der Waals surface area contributed by atoms with Crippen molar-refractivity contribution in [2.24, 2.45) is 5.92 Å². The summed E-state index contributed by atoms with van der Waals surface area (Å²) >= 11 is 1.44. The Kier molecular flexibility index (Phi) is 5.40. The third-order valence-electron chi connectivity index (χ3n) is 4.67. The second-order valence-electron chi connectivity index (χ2n) is 7.26. The SMILES string of the molecule is CC(C)[C@H](NC(=O)Cc1csc(-c2ccc(F)cc2)n1)c1nc2ccccc2[nH]1. The number of para-hydroxylation sites is 2. The van der Waals surface area contributed by atoms with Crippen LogP contribution in [0.2, 0.25) is 0 Å². The Bertz CT molecular complexity index is 1100. The molecule has 0 saturated carbocycles. The number of carbonyl (C=O) groups excluding carboxylic acids is 1. The zero-order valence-electron chi connectivity index (χ0n) is 16.1. The molecule has 0 radical (unpaired) electrons. The third kappa shape index (κ3) is 4.35. The fourth-order valence-corrected chi connectivity index (χ4v) is 4.00. The van der Waals surface area contributed by atoms with E-state index in [2.05, 4.69) is 20.3 Å². The quantitative estimate of drug-likeness (QED) is 0.478. The molecular formula is C22H21FN4OS. The number of nitrogens with one attached hydrogen (secondary N) is 2. The highest BCUT2D eigenvalue weighted by Gasteiger charge is 2.22. The molecule has 0 unspecified atom stereocenters. The lowest BCUT2D eigenvalue weighted by atomic mass is 10.0. The minimum atomic E-state index is -0.282. The van der Waals surface area contributed by atoms with Crippen LogP contribution in [0.1, 0.15) is 31.4 Å². The summed E-state index contributed by atoms with van der Waals surface area (Å²) in [6.45, 7) is 4.10. The van der Waals surface area contributed by atoms with Gasteiger partial charge >= 0.3 is 0 Å². The fraction of sp³-hybridized carbons (Fsp3) is 0.227. The van der Waals surface area contributed by atoms with Crippen LogP contribution in [0.15, 0.2) is 53.9 Å². The summed E-state index contributed by atoms with van der Waals surface area (Å²) in [5, 5.41) is 5.71. The van der Waals surface area contributed by atoms with Crippen molar-refractivity contribution >= 4 is 28.3 Å². The highest BCUT2D eigenvalue weighted by molar-refractivity contribution is 7.13. The van der Waals surface area contributed by atoms with Crippen molar-refractivity contribution < 1.29 is 9.18 Å². The molecule has 7 heteroatoms. The monoisotopic (exact) mass is 408 g/mol. The van der Waals surface area contributed by atoms with Gasteiger partial charge in [0.05, 0.1) is 29.2 Å². The van der Waals surface area contributed by atoms with Crippen LogP contribution in [0.25, 0.3) is 21.6 Å². The van der Waals surface area contributed by atoms with E-state index in [9.17, 15) is 9.18 Å². The van der Waals surface area contributed by atoms with E-state index in [0.29, 0.717) is 5.69 Å². The Morgan fingerprint density at radius 1 is 1.14 bits per heavy atom. The molecule has 2 aromatic heterocycles. The normalized spacial score (nSPS) is 12.4. The summed E-state index contributed by atoms with van der Waals surface area (Å²) in [4.78, 5) is 25.1. The van der Waals surface area contributed by atoms with E-state index in [-0.39, 0.29) is 30.1 Å². The van der Waals surface area contributed by atoms with Gasteiger partial charge in [-0.2, -0.15) is 0 Å². The Hall–Kier alpha value is -3.06. The molecule has 0 aliphatic heterocycles. The van der Waals surface area contributed by atoms with Crippen LogP contribution >= 0.6 is 11.3 Å². The lowest BCUT2D eigenvalue weighted by Gasteiger charge is -2.20. The third-order valence-corrected chi connectivity index (χ3v) is 5.61. The average molecular weight is 409 g/mol. The lowest BCUT2D eigenvalue weighted by Crippen LogP contribution is -2.33. The molecule has 0 spiro atoms. The topological polar surface area (TPSA) is 70.7 Å². The molecule has 4 aromatic rings. The van der Waals surface area contributed by atoms with Crippen molar-refractivity contribution in [1.29, 1.82) is 0 Å². The maximum atomic E-state index is 13.1. The number of amides is 1. The van der Waals surface area contributed by atoms with Crippen LogP contribution in [0, 0.1) is 11.7 Å². The summed E-state index contributed by atoms with van der Waals surface area (Å²) < 4.78 is 13.1. The number of aromatic amines is 1. The number of H-pyrrole nitrogens is 1. The highest BCUT2D eigenvalue weighted by atomic mass is 32.1. The molecule has 0 aliphatic carbocycles. The molecule has 1 atom stereocenters. The number of carbonyl (C=O) groups is 1. The number of fused-ring (bicyclic) bond motifs is 1. The van der Waals surface area contributed by atoms with Gasteiger partial charge in [-0.1, -0.05) is 26.0 Å². The van der Waals surface area contributed by atoms with Gasteiger partial charge in [0.25, 0.3) is 0 Å². The number of rotatable bonds is 6. The molecule has 0 aliphatic rings. The molecule has 5 nitrogen and oxygen atoms in total. The maximum absolute atomic E-state index is 13.1. The van der Waals surface area contributed by atoms with Gasteiger partial charge in [-0.15, -0.1) is 11.3 Å². The predicted molar refractivity (Wildman–Crippen MR) is 113 cm³/mol. The van der Waals surface area contributed by atoms with Gasteiger partial charge in [-0.05, 0) is 42.3 Å². The van der Waals surface area contributed by atoms with E-state index in [1.165, 1.54) is 23.5 Å². The zero-order chi connectivity index (χ0) is 20.4. The van der Waals surface area contributed by atoms with Crippen LogP contribution < -0.4 is 5.32 Å². The molecule has 1 amide bonds. The van der Waals surface area contributed by atoms with Crippen LogP contribution in [-0.4, -0.2) is 20.9 Å². The molecular weight excluding hydrogens is 387 g/mol. The largest absolute Gasteiger partial charge is 0.346 e. The number of halogens is 1. The van der Waals surface area contributed by atoms with Crippen LogP contribution in [-0.2, 0) is 11.2 Å². The van der Waals surface area contributed by atoms with E-state index in [1.807, 2.05) is 43.5 Å². The number of imidazole rings is 1. The van der Waals surface area contributed by atoms with E-state index in [4.69, 9.17) is 0 Å². The van der Waals surface area contributed by atoms with Gasteiger partial charge in [0.1, 0.15) is 16.6 Å². The van der Waals surface area contributed by atoms with Crippen molar-refractivity contribution in [3.05, 3.63) is 71.2 Å². The second-order valence-corrected chi connectivity index (χ2v) is 8.11. The number of hydrogen-bond donors (Lipinski definition) is 2. The van der Waals surface area contributed by atoms with Crippen LogP contribution in [0.4, 0.5) is 4.39 Å². The van der Waals surface area contributed by atoms with E-state index >= 15 is 0 Å². The summed E-state index contributed by atoms with van der Waals surface area (Å²) in [6.07, 6.45) is 0.182. The summed E-state index contributed by atoms with van der Waals surface area (Å²) in [6, 6.07) is 13.8. The number of aromatic nitrogens is 3. The predicted octanol–water partition coefficient (Wildman–Crippen LogP) is 4.88. The summed E-state index contributed by atoms with van der Waals surface area (Å²) in [7, 11) is 0. The fourth-order valence-electron chi connectivity index (χ4n) is 3.17. The number of hydrogen-bond acceptors (Lipinski definition) is 4. The number of nitrogens with zero attached hydrogens (tertiary/aromatic N) is 2. The van der Waals surface area contributed by atoms with Crippen molar-refractivity contribution in [3.63, 3.8) is 0 Å². The van der Waals surface area contributed by atoms with Gasteiger partial charge in [0.15, 0.2) is 0 Å². The molecule has 29 heavy (non-hydrogen) atoms. The molecule has 2 heterocycles. The first-order valence-corrected chi connectivity index (χ1v) is 10.3. The van der Waals surface area contributed by atoms with Crippen molar-refractivity contribution in [1.82, 2.24) is 20.3 Å². The average Bonchev–Trinajstić information content (AvgIpc) is 3.33.